The molecule has 0 saturated carbocycles. The van der Waals surface area contributed by atoms with Crippen LogP contribution in [0.25, 0.3) is 11.3 Å². The molecule has 5 N–H and O–H groups in total. The van der Waals surface area contributed by atoms with Crippen LogP contribution in [-0.4, -0.2) is 30.8 Å². The minimum atomic E-state index is -4.04. The smallest absolute Gasteiger partial charge is 1.00 e. The van der Waals surface area contributed by atoms with Crippen molar-refractivity contribution in [1.29, 1.82) is 0 Å². The van der Waals surface area contributed by atoms with Crippen LogP contribution in [0.1, 0.15) is 2.85 Å². The van der Waals surface area contributed by atoms with Gasteiger partial charge in [-0.05, 0) is 0 Å². The monoisotopic (exact) mass is 399 g/mol. The summed E-state index contributed by atoms with van der Waals surface area (Å²) in [5.74, 6) is 0. The molecular formula is C10H15N2Na2O6P2S+. The average molecular weight is 399 g/mol. The van der Waals surface area contributed by atoms with Gasteiger partial charge in [-0.1, -0.05) is 30.3 Å². The summed E-state index contributed by atoms with van der Waals surface area (Å²) in [6, 6.07) is 9.61. The number of hydrogen-bond donors (Lipinski definition) is 5. The first-order chi connectivity index (χ1) is 9.78. The maximum atomic E-state index is 10.7. The summed E-state index contributed by atoms with van der Waals surface area (Å²) >= 11 is 1.32. The van der Waals surface area contributed by atoms with Crippen LogP contribution in [-0.2, 0) is 9.13 Å². The first-order valence-corrected chi connectivity index (χ1v) is 9.26. The molecular weight excluding hydrogens is 384 g/mol. The van der Waals surface area contributed by atoms with Gasteiger partial charge in [0.15, 0.2) is 5.13 Å². The minimum Gasteiger partial charge on any atom is -1.00 e. The van der Waals surface area contributed by atoms with Crippen molar-refractivity contribution in [2.24, 2.45) is 0 Å². The molecule has 0 aliphatic carbocycles. The summed E-state index contributed by atoms with van der Waals surface area (Å²) in [5.41, 5.74) is 1.77. The molecule has 0 amide bonds. The van der Waals surface area contributed by atoms with Crippen LogP contribution in [0, 0.1) is 0 Å². The molecule has 0 aliphatic heterocycles. The van der Waals surface area contributed by atoms with Crippen LogP contribution in [0.15, 0.2) is 35.7 Å². The minimum absolute atomic E-state index is 0. The molecule has 23 heavy (non-hydrogen) atoms. The van der Waals surface area contributed by atoms with Crippen molar-refractivity contribution in [1.82, 2.24) is 4.98 Å². The predicted molar refractivity (Wildman–Crippen MR) is 82.4 cm³/mol. The molecule has 1 aromatic heterocycles. The van der Waals surface area contributed by atoms with Gasteiger partial charge < -0.3 is 18.0 Å². The van der Waals surface area contributed by atoms with Crippen molar-refractivity contribution in [3.63, 3.8) is 0 Å². The fourth-order valence-corrected chi connectivity index (χ4v) is 2.45. The van der Waals surface area contributed by atoms with Crippen molar-refractivity contribution >= 4 is 32.3 Å². The maximum Gasteiger partial charge on any atom is 1.00 e. The number of nitrogens with one attached hydrogen (secondary N) is 1. The summed E-state index contributed by atoms with van der Waals surface area (Å²) < 4.78 is 19.4. The Labute approximate surface area is 185 Å². The van der Waals surface area contributed by atoms with Crippen molar-refractivity contribution in [2.75, 3.05) is 11.6 Å². The van der Waals surface area contributed by atoms with Crippen LogP contribution >= 0.6 is 27.2 Å². The quantitative estimate of drug-likeness (QED) is 0.261. The second kappa shape index (κ2) is 13.1. The number of hydrogen-bond acceptors (Lipinski definition) is 5. The summed E-state index contributed by atoms with van der Waals surface area (Å²) in [5, 5.41) is 4.97. The Morgan fingerprint density at radius 3 is 2.22 bits per heavy atom. The third-order valence-corrected chi connectivity index (χ3v) is 3.38. The molecule has 0 bridgehead atoms. The maximum absolute atomic E-state index is 10.7. The van der Waals surface area contributed by atoms with Crippen LogP contribution in [0.3, 0.4) is 0 Å². The Bertz CT molecular complexity index is 645. The molecule has 2 rings (SSSR count). The number of rotatable bonds is 4. The molecule has 0 atom stereocenters. The average Bonchev–Trinajstić information content (AvgIpc) is 2.85. The van der Waals surface area contributed by atoms with E-state index in [0.29, 0.717) is 5.13 Å². The topological polar surface area (TPSA) is 140 Å². The second-order valence-corrected chi connectivity index (χ2v) is 6.67. The van der Waals surface area contributed by atoms with Crippen LogP contribution in [0.5, 0.6) is 0 Å². The van der Waals surface area contributed by atoms with Crippen molar-refractivity contribution in [3.05, 3.63) is 35.7 Å². The molecule has 1 heterocycles. The van der Waals surface area contributed by atoms with Gasteiger partial charge in [0.25, 0.3) is 0 Å². The van der Waals surface area contributed by atoms with Crippen LogP contribution < -0.4 is 64.4 Å². The summed E-state index contributed by atoms with van der Waals surface area (Å²) in [6.07, 6.45) is -0.394. The van der Waals surface area contributed by atoms with Crippen LogP contribution in [0.2, 0.25) is 0 Å². The Morgan fingerprint density at radius 1 is 1.22 bits per heavy atom. The van der Waals surface area contributed by atoms with Crippen molar-refractivity contribution in [3.8, 4) is 11.3 Å². The van der Waals surface area contributed by atoms with Gasteiger partial charge in [0.2, 0.25) is 0 Å². The standard InChI is InChI=1S/C10H11N2O3PS.2Na.HO3P.2H/c13-16(14,15)7-11-10-12-9(6-17-10)8-4-2-1-3-5-8;;;1-4(2)3;;/h1-6H,7H2,(H,11,12)(H2,13,14,15);;;(H-,1,2,3);;/q;2*+1;;2*-1/p+1. The van der Waals surface area contributed by atoms with E-state index < -0.39 is 22.1 Å². The number of aromatic nitrogens is 1. The largest absolute Gasteiger partial charge is 1.00 e. The number of nitrogens with zero attached hydrogens (tertiary/aromatic N) is 1. The molecule has 0 aliphatic rings. The zero-order valence-electron chi connectivity index (χ0n) is 14.5. The third-order valence-electron chi connectivity index (χ3n) is 2.01. The SMILES string of the molecule is O=P(O)(O)CNc1nc(-c2ccccc2)cs1.O=[P+](O)O.[H-].[H-].[Na+].[Na+]. The molecule has 0 unspecified atom stereocenters. The Balaban J connectivity index is -0.000000251. The Morgan fingerprint density at radius 2 is 1.74 bits per heavy atom. The van der Waals surface area contributed by atoms with E-state index in [9.17, 15) is 4.57 Å². The molecule has 0 saturated heterocycles. The normalized spacial score (nSPS) is 9.57. The predicted octanol–water partition coefficient (Wildman–Crippen LogP) is -3.78. The number of anilines is 1. The summed E-state index contributed by atoms with van der Waals surface area (Å²) in [6.45, 7) is 0. The molecule has 13 heteroatoms. The summed E-state index contributed by atoms with van der Waals surface area (Å²) in [7, 11) is -6.91. The van der Waals surface area contributed by atoms with Crippen molar-refractivity contribution < 1.29 is 90.7 Å². The molecule has 0 fully saturated rings. The number of benzene rings is 1. The fraction of sp³-hybridized carbons (Fsp3) is 0.100. The van der Waals surface area contributed by atoms with Gasteiger partial charge >= 0.3 is 75.0 Å². The number of thiazole rings is 1. The van der Waals surface area contributed by atoms with Gasteiger partial charge in [0, 0.05) is 15.5 Å². The van der Waals surface area contributed by atoms with Gasteiger partial charge in [0.1, 0.15) is 6.29 Å². The summed E-state index contributed by atoms with van der Waals surface area (Å²) in [4.78, 5) is 35.9. The van der Waals surface area contributed by atoms with Gasteiger partial charge in [-0.2, -0.15) is 0 Å². The van der Waals surface area contributed by atoms with E-state index in [1.807, 2.05) is 35.7 Å². The van der Waals surface area contributed by atoms with E-state index in [2.05, 4.69) is 10.3 Å². The molecule has 8 nitrogen and oxygen atoms in total. The van der Waals surface area contributed by atoms with E-state index >= 15 is 0 Å². The van der Waals surface area contributed by atoms with Crippen molar-refractivity contribution in [2.45, 2.75) is 0 Å². The molecule has 1 aromatic carbocycles. The van der Waals surface area contributed by atoms with E-state index in [1.54, 1.807) is 0 Å². The first-order valence-electron chi connectivity index (χ1n) is 5.42. The van der Waals surface area contributed by atoms with Gasteiger partial charge in [-0.15, -0.1) is 21.1 Å². The van der Waals surface area contributed by atoms with E-state index in [1.165, 1.54) is 11.3 Å². The van der Waals surface area contributed by atoms with Gasteiger partial charge in [-0.25, -0.2) is 4.98 Å². The zero-order chi connectivity index (χ0) is 15.9. The Kier molecular flexibility index (Phi) is 14.8. The Hall–Kier alpha value is 0.820. The molecule has 0 spiro atoms. The second-order valence-electron chi connectivity index (χ2n) is 3.66. The zero-order valence-corrected chi connectivity index (χ0v) is 19.1. The fourth-order valence-electron chi connectivity index (χ4n) is 1.27. The molecule has 118 valence electrons. The molecule has 0 radical (unpaired) electrons. The van der Waals surface area contributed by atoms with E-state index in [0.717, 1.165) is 11.3 Å². The van der Waals surface area contributed by atoms with Crippen LogP contribution in [0.4, 0.5) is 5.13 Å². The van der Waals surface area contributed by atoms with E-state index in [4.69, 9.17) is 24.1 Å². The first kappa shape index (κ1) is 26.1. The molecule has 2 aromatic rings. The van der Waals surface area contributed by atoms with E-state index in [-0.39, 0.29) is 62.0 Å². The van der Waals surface area contributed by atoms with Gasteiger partial charge in [-0.3, -0.25) is 4.57 Å². The third kappa shape index (κ3) is 12.8. The van der Waals surface area contributed by atoms with Gasteiger partial charge in [0.05, 0.1) is 5.69 Å².